The number of halogens is 1. The molecule has 0 unspecified atom stereocenters. The van der Waals surface area contributed by atoms with Crippen LogP contribution >= 0.6 is 15.9 Å². The fraction of sp³-hybridized carbons (Fsp3) is 0.0526. The molecule has 1 heterocycles. The van der Waals surface area contributed by atoms with Gasteiger partial charge in [-0.1, -0.05) is 28.1 Å². The van der Waals surface area contributed by atoms with E-state index < -0.39 is 4.92 Å². The summed E-state index contributed by atoms with van der Waals surface area (Å²) in [6.07, 6.45) is 1.33. The molecule has 1 amide bonds. The number of hydrogen-bond donors (Lipinski definition) is 1. The Kier molecular flexibility index (Phi) is 5.46. The van der Waals surface area contributed by atoms with Crippen LogP contribution in [0.3, 0.4) is 0 Å². The fourth-order valence-electron chi connectivity index (χ4n) is 2.42. The van der Waals surface area contributed by atoms with Crippen molar-refractivity contribution in [2.45, 2.75) is 6.92 Å². The Bertz CT molecular complexity index is 1040. The molecular formula is C19H14BrN3O4. The van der Waals surface area contributed by atoms with Crippen LogP contribution in [0.15, 0.2) is 68.6 Å². The van der Waals surface area contributed by atoms with Crippen molar-refractivity contribution in [1.82, 2.24) is 5.43 Å². The van der Waals surface area contributed by atoms with E-state index in [-0.39, 0.29) is 11.6 Å². The molecule has 0 saturated carbocycles. The number of furan rings is 1. The van der Waals surface area contributed by atoms with Gasteiger partial charge in [0.05, 0.1) is 16.7 Å². The van der Waals surface area contributed by atoms with Crippen LogP contribution < -0.4 is 5.43 Å². The molecule has 0 spiro atoms. The molecular weight excluding hydrogens is 414 g/mol. The number of nitro benzene ring substituents is 1. The zero-order chi connectivity index (χ0) is 19.4. The SMILES string of the molecule is Cc1ccc(-c2ccc(/C=N\NC(=O)c3cccc(Br)c3)o2)c([N+](=O)[O-])c1. The van der Waals surface area contributed by atoms with E-state index in [1.54, 1.807) is 49.4 Å². The van der Waals surface area contributed by atoms with Crippen molar-refractivity contribution in [2.75, 3.05) is 0 Å². The lowest BCUT2D eigenvalue weighted by molar-refractivity contribution is -0.384. The van der Waals surface area contributed by atoms with Gasteiger partial charge in [0.1, 0.15) is 11.5 Å². The van der Waals surface area contributed by atoms with Crippen LogP contribution in [-0.2, 0) is 0 Å². The van der Waals surface area contributed by atoms with Gasteiger partial charge in [0.2, 0.25) is 0 Å². The van der Waals surface area contributed by atoms with Crippen molar-refractivity contribution >= 4 is 33.7 Å². The molecule has 3 rings (SSSR count). The van der Waals surface area contributed by atoms with Crippen LogP contribution in [0.4, 0.5) is 5.69 Å². The number of nitrogens with zero attached hydrogens (tertiary/aromatic N) is 2. The molecule has 0 radical (unpaired) electrons. The predicted molar refractivity (Wildman–Crippen MR) is 105 cm³/mol. The molecule has 7 nitrogen and oxygen atoms in total. The summed E-state index contributed by atoms with van der Waals surface area (Å²) in [4.78, 5) is 22.8. The van der Waals surface area contributed by atoms with E-state index in [0.717, 1.165) is 10.0 Å². The van der Waals surface area contributed by atoms with E-state index in [2.05, 4.69) is 26.5 Å². The number of benzene rings is 2. The smallest absolute Gasteiger partial charge is 0.280 e. The molecule has 0 aliphatic rings. The van der Waals surface area contributed by atoms with Gasteiger partial charge in [-0.05, 0) is 48.9 Å². The molecule has 136 valence electrons. The summed E-state index contributed by atoms with van der Waals surface area (Å²) < 4.78 is 6.38. The van der Waals surface area contributed by atoms with E-state index in [0.29, 0.717) is 22.6 Å². The zero-order valence-corrected chi connectivity index (χ0v) is 15.8. The second-order valence-corrected chi connectivity index (χ2v) is 6.60. The summed E-state index contributed by atoms with van der Waals surface area (Å²) >= 11 is 3.30. The lowest BCUT2D eigenvalue weighted by Gasteiger charge is -2.01. The van der Waals surface area contributed by atoms with Crippen molar-refractivity contribution in [1.29, 1.82) is 0 Å². The summed E-state index contributed by atoms with van der Waals surface area (Å²) in [5, 5.41) is 15.1. The summed E-state index contributed by atoms with van der Waals surface area (Å²) in [6, 6.07) is 15.0. The van der Waals surface area contributed by atoms with Crippen LogP contribution in [0.2, 0.25) is 0 Å². The summed E-state index contributed by atoms with van der Waals surface area (Å²) in [6.45, 7) is 1.78. The molecule has 2 aromatic carbocycles. The maximum absolute atomic E-state index is 12.0. The first kappa shape index (κ1) is 18.5. The largest absolute Gasteiger partial charge is 0.455 e. The Hall–Kier alpha value is -3.26. The molecule has 8 heteroatoms. The van der Waals surface area contributed by atoms with Gasteiger partial charge < -0.3 is 4.42 Å². The highest BCUT2D eigenvalue weighted by molar-refractivity contribution is 9.10. The van der Waals surface area contributed by atoms with Crippen molar-refractivity contribution in [3.63, 3.8) is 0 Å². The minimum absolute atomic E-state index is 0.0317. The first-order valence-electron chi connectivity index (χ1n) is 7.88. The van der Waals surface area contributed by atoms with Gasteiger partial charge in [-0.3, -0.25) is 14.9 Å². The fourth-order valence-corrected chi connectivity index (χ4v) is 2.82. The van der Waals surface area contributed by atoms with Gasteiger partial charge >= 0.3 is 0 Å². The van der Waals surface area contributed by atoms with Crippen molar-refractivity contribution in [2.24, 2.45) is 5.10 Å². The highest BCUT2D eigenvalue weighted by atomic mass is 79.9. The lowest BCUT2D eigenvalue weighted by atomic mass is 10.1. The average molecular weight is 428 g/mol. The first-order chi connectivity index (χ1) is 12.9. The number of carbonyl (C=O) groups excluding carboxylic acids is 1. The van der Waals surface area contributed by atoms with Gasteiger partial charge in [-0.2, -0.15) is 5.10 Å². The van der Waals surface area contributed by atoms with Gasteiger partial charge in [0, 0.05) is 16.1 Å². The molecule has 27 heavy (non-hydrogen) atoms. The van der Waals surface area contributed by atoms with Crippen molar-refractivity contribution in [3.8, 4) is 11.3 Å². The van der Waals surface area contributed by atoms with Crippen LogP contribution in [-0.4, -0.2) is 17.0 Å². The second-order valence-electron chi connectivity index (χ2n) is 5.69. The molecule has 0 saturated heterocycles. The number of nitro groups is 1. The van der Waals surface area contributed by atoms with E-state index in [4.69, 9.17) is 4.42 Å². The molecule has 1 aromatic heterocycles. The summed E-state index contributed by atoms with van der Waals surface area (Å²) in [5.41, 5.74) is 3.99. The van der Waals surface area contributed by atoms with E-state index in [9.17, 15) is 14.9 Å². The number of hydrazone groups is 1. The zero-order valence-electron chi connectivity index (χ0n) is 14.2. The number of amides is 1. The summed E-state index contributed by atoms with van der Waals surface area (Å²) in [7, 11) is 0. The normalized spacial score (nSPS) is 10.9. The molecule has 0 aliphatic heterocycles. The number of hydrogen-bond acceptors (Lipinski definition) is 5. The highest BCUT2D eigenvalue weighted by Crippen LogP contribution is 2.31. The van der Waals surface area contributed by atoms with Gasteiger partial charge in [-0.15, -0.1) is 0 Å². The molecule has 0 bridgehead atoms. The monoisotopic (exact) mass is 427 g/mol. The number of carbonyl (C=O) groups is 1. The topological polar surface area (TPSA) is 97.7 Å². The minimum atomic E-state index is -0.448. The van der Waals surface area contributed by atoms with Crippen LogP contribution in [0.5, 0.6) is 0 Å². The quantitative estimate of drug-likeness (QED) is 0.362. The Labute approximate surface area is 163 Å². The Morgan fingerprint density at radius 3 is 2.78 bits per heavy atom. The maximum Gasteiger partial charge on any atom is 0.280 e. The second kappa shape index (κ2) is 7.96. The average Bonchev–Trinajstić information content (AvgIpc) is 3.10. The Balaban J connectivity index is 1.74. The molecule has 0 atom stereocenters. The van der Waals surface area contributed by atoms with Crippen LogP contribution in [0.1, 0.15) is 21.7 Å². The van der Waals surface area contributed by atoms with Crippen LogP contribution in [0, 0.1) is 17.0 Å². The van der Waals surface area contributed by atoms with Gasteiger partial charge in [-0.25, -0.2) is 5.43 Å². The molecule has 0 aliphatic carbocycles. The minimum Gasteiger partial charge on any atom is -0.455 e. The van der Waals surface area contributed by atoms with Gasteiger partial charge in [0.15, 0.2) is 0 Å². The summed E-state index contributed by atoms with van der Waals surface area (Å²) in [5.74, 6) is 0.337. The van der Waals surface area contributed by atoms with E-state index in [1.165, 1.54) is 12.3 Å². The number of nitrogens with one attached hydrogen (secondary N) is 1. The molecule has 3 aromatic rings. The van der Waals surface area contributed by atoms with Crippen molar-refractivity contribution < 1.29 is 14.1 Å². The predicted octanol–water partition coefficient (Wildman–Crippen LogP) is 4.69. The Morgan fingerprint density at radius 1 is 1.22 bits per heavy atom. The first-order valence-corrected chi connectivity index (χ1v) is 8.67. The third-order valence-electron chi connectivity index (χ3n) is 3.69. The maximum atomic E-state index is 12.0. The number of rotatable bonds is 5. The third-order valence-corrected chi connectivity index (χ3v) is 4.18. The number of aryl methyl sites for hydroxylation is 1. The van der Waals surface area contributed by atoms with E-state index >= 15 is 0 Å². The van der Waals surface area contributed by atoms with Gasteiger partial charge in [0.25, 0.3) is 11.6 Å². The Morgan fingerprint density at radius 2 is 2.04 bits per heavy atom. The third kappa shape index (κ3) is 4.48. The van der Waals surface area contributed by atoms with Crippen LogP contribution in [0.25, 0.3) is 11.3 Å². The van der Waals surface area contributed by atoms with Crippen molar-refractivity contribution in [3.05, 3.63) is 86.1 Å². The highest BCUT2D eigenvalue weighted by Gasteiger charge is 2.18. The van der Waals surface area contributed by atoms with E-state index in [1.807, 2.05) is 6.07 Å². The standard InChI is InChI=1S/C19H14BrN3O4/c1-12-5-7-16(17(9-12)23(25)26)18-8-6-15(27-18)11-21-22-19(24)13-3-2-4-14(20)10-13/h2-11H,1H3,(H,22,24)/b21-11-. The molecule has 0 fully saturated rings. The lowest BCUT2D eigenvalue weighted by Crippen LogP contribution is -2.17. The molecule has 1 N–H and O–H groups in total.